The third-order valence-electron chi connectivity index (χ3n) is 4.54. The molecule has 0 atom stereocenters. The van der Waals surface area contributed by atoms with E-state index in [-0.39, 0.29) is 17.7 Å². The summed E-state index contributed by atoms with van der Waals surface area (Å²) in [5, 5.41) is 3.98. The van der Waals surface area contributed by atoms with Crippen molar-refractivity contribution in [3.05, 3.63) is 59.9 Å². The van der Waals surface area contributed by atoms with Gasteiger partial charge in [-0.2, -0.15) is 5.10 Å². The first-order chi connectivity index (χ1) is 13.2. The topological polar surface area (TPSA) is 83.9 Å². The van der Waals surface area contributed by atoms with E-state index < -0.39 is 0 Å². The van der Waals surface area contributed by atoms with E-state index in [1.54, 1.807) is 60.9 Å². The number of hydrogen-bond acceptors (Lipinski definition) is 5. The fraction of sp³-hybridized carbons (Fsp3) is 0.300. The number of amides is 2. The number of hydrazone groups is 1. The maximum absolute atomic E-state index is 12.6. The molecule has 3 rings (SSSR count). The van der Waals surface area contributed by atoms with Crippen LogP contribution in [0.3, 0.4) is 0 Å². The fourth-order valence-corrected chi connectivity index (χ4v) is 3.00. The molecule has 0 spiro atoms. The molecule has 7 heteroatoms. The van der Waals surface area contributed by atoms with Crippen molar-refractivity contribution >= 4 is 18.0 Å². The van der Waals surface area contributed by atoms with Crippen molar-refractivity contribution < 1.29 is 14.3 Å². The minimum absolute atomic E-state index is 0.0395. The zero-order valence-corrected chi connectivity index (χ0v) is 15.2. The largest absolute Gasteiger partial charge is 0.497 e. The van der Waals surface area contributed by atoms with E-state index >= 15 is 0 Å². The molecular formula is C20H22N4O3. The van der Waals surface area contributed by atoms with Crippen molar-refractivity contribution in [2.45, 2.75) is 12.8 Å². The van der Waals surface area contributed by atoms with Gasteiger partial charge in [0.15, 0.2) is 0 Å². The lowest BCUT2D eigenvalue weighted by Crippen LogP contribution is -2.42. The van der Waals surface area contributed by atoms with Crippen LogP contribution in [0, 0.1) is 5.92 Å². The molecular weight excluding hydrogens is 344 g/mol. The van der Waals surface area contributed by atoms with Crippen molar-refractivity contribution in [1.29, 1.82) is 0 Å². The number of methoxy groups -OCH3 is 1. The molecule has 0 aliphatic carbocycles. The van der Waals surface area contributed by atoms with Crippen LogP contribution in [0.4, 0.5) is 0 Å². The predicted octanol–water partition coefficient (Wildman–Crippen LogP) is 2.09. The Morgan fingerprint density at radius 2 is 2.07 bits per heavy atom. The number of benzene rings is 1. The first-order valence-electron chi connectivity index (χ1n) is 8.83. The average molecular weight is 366 g/mol. The molecule has 0 unspecified atom stereocenters. The Morgan fingerprint density at radius 3 is 2.78 bits per heavy atom. The number of carbonyl (C=O) groups excluding carboxylic acids is 2. The van der Waals surface area contributed by atoms with Crippen LogP contribution in [0.1, 0.15) is 28.8 Å². The highest BCUT2D eigenvalue weighted by molar-refractivity contribution is 5.94. The van der Waals surface area contributed by atoms with Crippen molar-refractivity contribution in [1.82, 2.24) is 15.3 Å². The lowest BCUT2D eigenvalue weighted by Gasteiger charge is -2.31. The summed E-state index contributed by atoms with van der Waals surface area (Å²) in [6.45, 7) is 1.08. The van der Waals surface area contributed by atoms with Crippen LogP contribution in [0.25, 0.3) is 0 Å². The summed E-state index contributed by atoms with van der Waals surface area (Å²) < 4.78 is 5.17. The van der Waals surface area contributed by atoms with Gasteiger partial charge in [0.1, 0.15) is 5.75 Å². The van der Waals surface area contributed by atoms with Gasteiger partial charge in [0.25, 0.3) is 5.91 Å². The first-order valence-corrected chi connectivity index (χ1v) is 8.83. The Kier molecular flexibility index (Phi) is 6.14. The Labute approximate surface area is 158 Å². The van der Waals surface area contributed by atoms with E-state index in [0.29, 0.717) is 37.2 Å². The van der Waals surface area contributed by atoms with Gasteiger partial charge in [0.2, 0.25) is 5.91 Å². The highest BCUT2D eigenvalue weighted by Gasteiger charge is 2.27. The number of carbonyl (C=O) groups is 2. The highest BCUT2D eigenvalue weighted by atomic mass is 16.5. The molecule has 0 saturated carbocycles. The molecule has 27 heavy (non-hydrogen) atoms. The highest BCUT2D eigenvalue weighted by Crippen LogP contribution is 2.21. The van der Waals surface area contributed by atoms with Crippen LogP contribution in [-0.4, -0.2) is 48.1 Å². The van der Waals surface area contributed by atoms with E-state index in [1.807, 2.05) is 6.07 Å². The number of ether oxygens (including phenoxy) is 1. The second-order valence-electron chi connectivity index (χ2n) is 6.32. The van der Waals surface area contributed by atoms with Gasteiger partial charge in [-0.1, -0.05) is 12.1 Å². The summed E-state index contributed by atoms with van der Waals surface area (Å²) in [5.74, 6) is 0.345. The van der Waals surface area contributed by atoms with Crippen LogP contribution in [0.15, 0.2) is 53.9 Å². The summed E-state index contributed by atoms with van der Waals surface area (Å²) in [7, 11) is 1.57. The van der Waals surface area contributed by atoms with Gasteiger partial charge in [-0.25, -0.2) is 5.43 Å². The van der Waals surface area contributed by atoms with Gasteiger partial charge in [-0.15, -0.1) is 0 Å². The van der Waals surface area contributed by atoms with Gasteiger partial charge in [0, 0.05) is 42.5 Å². The Bertz CT molecular complexity index is 815. The smallest absolute Gasteiger partial charge is 0.253 e. The maximum Gasteiger partial charge on any atom is 0.253 e. The zero-order chi connectivity index (χ0) is 19.1. The molecule has 0 bridgehead atoms. The number of rotatable bonds is 5. The molecule has 1 fully saturated rings. The number of likely N-dealkylation sites (tertiary alicyclic amines) is 1. The lowest BCUT2D eigenvalue weighted by atomic mass is 9.95. The minimum Gasteiger partial charge on any atom is -0.497 e. The monoisotopic (exact) mass is 366 g/mol. The summed E-state index contributed by atoms with van der Waals surface area (Å²) in [6.07, 6.45) is 6.13. The number of piperidine rings is 1. The van der Waals surface area contributed by atoms with E-state index in [2.05, 4.69) is 15.5 Å². The second-order valence-corrected chi connectivity index (χ2v) is 6.32. The lowest BCUT2D eigenvalue weighted by molar-refractivity contribution is -0.126. The molecule has 1 aromatic carbocycles. The second kappa shape index (κ2) is 8.93. The number of nitrogens with zero attached hydrogens (tertiary/aromatic N) is 3. The maximum atomic E-state index is 12.6. The summed E-state index contributed by atoms with van der Waals surface area (Å²) in [4.78, 5) is 30.6. The third kappa shape index (κ3) is 4.91. The molecule has 1 aliphatic rings. The molecule has 2 aromatic rings. The van der Waals surface area contributed by atoms with Crippen LogP contribution in [0.2, 0.25) is 0 Å². The molecule has 1 saturated heterocycles. The van der Waals surface area contributed by atoms with Gasteiger partial charge in [0.05, 0.1) is 13.3 Å². The van der Waals surface area contributed by atoms with Gasteiger partial charge in [-0.05, 0) is 37.1 Å². The predicted molar refractivity (Wildman–Crippen MR) is 102 cm³/mol. The van der Waals surface area contributed by atoms with Crippen LogP contribution in [0.5, 0.6) is 5.75 Å². The molecule has 1 aromatic heterocycles. The Balaban J connectivity index is 1.50. The number of hydrogen-bond donors (Lipinski definition) is 1. The van der Waals surface area contributed by atoms with E-state index in [9.17, 15) is 9.59 Å². The molecule has 1 N–H and O–H groups in total. The first kappa shape index (κ1) is 18.6. The Morgan fingerprint density at radius 1 is 1.26 bits per heavy atom. The van der Waals surface area contributed by atoms with Crippen molar-refractivity contribution in [3.63, 3.8) is 0 Å². The fourth-order valence-electron chi connectivity index (χ4n) is 3.00. The van der Waals surface area contributed by atoms with Crippen molar-refractivity contribution in [2.75, 3.05) is 20.2 Å². The molecule has 140 valence electrons. The quantitative estimate of drug-likeness (QED) is 0.649. The van der Waals surface area contributed by atoms with E-state index in [1.165, 1.54) is 0 Å². The molecule has 7 nitrogen and oxygen atoms in total. The molecule has 1 aliphatic heterocycles. The SMILES string of the molecule is COc1cccc(C(=O)N2CCC(C(=O)N/N=C\c3cccnc3)CC2)c1. The summed E-state index contributed by atoms with van der Waals surface area (Å²) in [5.41, 5.74) is 3.99. The van der Waals surface area contributed by atoms with Crippen LogP contribution in [-0.2, 0) is 4.79 Å². The van der Waals surface area contributed by atoms with Gasteiger partial charge >= 0.3 is 0 Å². The van der Waals surface area contributed by atoms with E-state index in [0.717, 1.165) is 5.56 Å². The number of aromatic nitrogens is 1. The van der Waals surface area contributed by atoms with Crippen molar-refractivity contribution in [2.24, 2.45) is 11.0 Å². The molecule has 2 heterocycles. The molecule has 0 radical (unpaired) electrons. The van der Waals surface area contributed by atoms with Crippen molar-refractivity contribution in [3.8, 4) is 5.75 Å². The third-order valence-corrected chi connectivity index (χ3v) is 4.54. The summed E-state index contributed by atoms with van der Waals surface area (Å²) >= 11 is 0. The number of pyridine rings is 1. The summed E-state index contributed by atoms with van der Waals surface area (Å²) in [6, 6.07) is 10.8. The molecule has 2 amide bonds. The van der Waals surface area contributed by atoms with Gasteiger partial charge in [-0.3, -0.25) is 14.6 Å². The van der Waals surface area contributed by atoms with Crippen LogP contribution >= 0.6 is 0 Å². The van der Waals surface area contributed by atoms with Crippen LogP contribution < -0.4 is 10.2 Å². The Hall–Kier alpha value is -3.22. The number of nitrogens with one attached hydrogen (secondary N) is 1. The average Bonchev–Trinajstić information content (AvgIpc) is 2.74. The van der Waals surface area contributed by atoms with E-state index in [4.69, 9.17) is 4.74 Å². The normalized spacial score (nSPS) is 14.9. The van der Waals surface area contributed by atoms with Gasteiger partial charge < -0.3 is 9.64 Å². The zero-order valence-electron chi connectivity index (χ0n) is 15.2. The minimum atomic E-state index is -0.148. The standard InChI is InChI=1S/C20H22N4O3/c1-27-18-6-2-5-17(12-18)20(26)24-10-7-16(8-11-24)19(25)23-22-14-15-4-3-9-21-13-15/h2-6,9,12-14,16H,7-8,10-11H2,1H3,(H,23,25)/b22-14-.